The van der Waals surface area contributed by atoms with E-state index in [4.69, 9.17) is 0 Å². The van der Waals surface area contributed by atoms with Crippen molar-refractivity contribution < 1.29 is 4.79 Å². The van der Waals surface area contributed by atoms with E-state index in [9.17, 15) is 4.79 Å². The third kappa shape index (κ3) is 2.08. The fourth-order valence-electron chi connectivity index (χ4n) is 2.17. The summed E-state index contributed by atoms with van der Waals surface area (Å²) in [7, 11) is 1.80. The molecule has 0 atom stereocenters. The van der Waals surface area contributed by atoms with Crippen molar-refractivity contribution in [3.8, 4) is 0 Å². The summed E-state index contributed by atoms with van der Waals surface area (Å²) in [4.78, 5) is 12.5. The zero-order valence-electron chi connectivity index (χ0n) is 11.5. The van der Waals surface area contributed by atoms with Crippen LogP contribution in [0.4, 0.5) is 0 Å². The molecule has 2 aromatic rings. The second kappa shape index (κ2) is 4.41. The molecule has 1 aromatic heterocycles. The number of hydrogen-bond donors (Lipinski definition) is 0. The monoisotopic (exact) mass is 242 g/mol. The first-order valence-corrected chi connectivity index (χ1v) is 6.03. The average Bonchev–Trinajstić information content (AvgIpc) is 2.62. The summed E-state index contributed by atoms with van der Waals surface area (Å²) in [5.41, 5.74) is 5.64. The first-order valence-electron chi connectivity index (χ1n) is 6.03. The fourth-order valence-corrected chi connectivity index (χ4v) is 2.17. The molecule has 0 amide bonds. The molecule has 0 aliphatic rings. The molecule has 0 saturated heterocycles. The Morgan fingerprint density at radius 1 is 1.00 bits per heavy atom. The van der Waals surface area contributed by atoms with Gasteiger partial charge in [-0.15, -0.1) is 0 Å². The Morgan fingerprint density at radius 2 is 1.61 bits per heavy atom. The third-order valence-corrected chi connectivity index (χ3v) is 3.32. The smallest absolute Gasteiger partial charge is 0.211 e. The van der Waals surface area contributed by atoms with Gasteiger partial charge in [0.15, 0.2) is 0 Å². The number of aryl methyl sites for hydroxylation is 5. The van der Waals surface area contributed by atoms with Crippen LogP contribution in [-0.2, 0) is 7.05 Å². The topological polar surface area (TPSA) is 34.9 Å². The molecule has 18 heavy (non-hydrogen) atoms. The maximum atomic E-state index is 12.5. The van der Waals surface area contributed by atoms with Gasteiger partial charge in [0.1, 0.15) is 5.69 Å². The summed E-state index contributed by atoms with van der Waals surface area (Å²) in [6.45, 7) is 7.96. The molecule has 0 radical (unpaired) electrons. The molecule has 3 nitrogen and oxygen atoms in total. The Morgan fingerprint density at radius 3 is 2.17 bits per heavy atom. The minimum atomic E-state index is 0.0405. The normalized spacial score (nSPS) is 10.7. The highest BCUT2D eigenvalue weighted by molar-refractivity contribution is 6.09. The summed E-state index contributed by atoms with van der Waals surface area (Å²) in [5, 5.41) is 4.22. The van der Waals surface area contributed by atoms with E-state index in [1.807, 2.05) is 32.9 Å². The van der Waals surface area contributed by atoms with Crippen LogP contribution in [0, 0.1) is 27.7 Å². The van der Waals surface area contributed by atoms with Crippen molar-refractivity contribution in [3.63, 3.8) is 0 Å². The van der Waals surface area contributed by atoms with Gasteiger partial charge < -0.3 is 0 Å². The van der Waals surface area contributed by atoms with Crippen LogP contribution >= 0.6 is 0 Å². The maximum absolute atomic E-state index is 12.5. The minimum absolute atomic E-state index is 0.0405. The van der Waals surface area contributed by atoms with Gasteiger partial charge in [-0.25, -0.2) is 0 Å². The lowest BCUT2D eigenvalue weighted by Crippen LogP contribution is -2.10. The molecule has 1 aromatic carbocycles. The number of carbonyl (C=O) groups excluding carboxylic acids is 1. The zero-order valence-corrected chi connectivity index (χ0v) is 11.5. The Labute approximate surface area is 107 Å². The van der Waals surface area contributed by atoms with Gasteiger partial charge in [-0.2, -0.15) is 5.10 Å². The molecule has 1 heterocycles. The van der Waals surface area contributed by atoms with Crippen LogP contribution in [0.1, 0.15) is 38.4 Å². The van der Waals surface area contributed by atoms with E-state index in [1.165, 1.54) is 5.56 Å². The van der Waals surface area contributed by atoms with Crippen LogP contribution in [0.5, 0.6) is 0 Å². The Bertz CT molecular complexity index is 624. The van der Waals surface area contributed by atoms with Gasteiger partial charge in [-0.05, 0) is 56.5 Å². The van der Waals surface area contributed by atoms with Gasteiger partial charge in [0.25, 0.3) is 0 Å². The van der Waals surface area contributed by atoms with Crippen molar-refractivity contribution in [2.75, 3.05) is 0 Å². The van der Waals surface area contributed by atoms with Crippen LogP contribution in [0.15, 0.2) is 18.2 Å². The molecule has 0 bridgehead atoms. The van der Waals surface area contributed by atoms with E-state index < -0.39 is 0 Å². The van der Waals surface area contributed by atoms with Crippen LogP contribution in [0.3, 0.4) is 0 Å². The van der Waals surface area contributed by atoms with Crippen molar-refractivity contribution in [1.29, 1.82) is 0 Å². The highest BCUT2D eigenvalue weighted by atomic mass is 16.1. The lowest BCUT2D eigenvalue weighted by Gasteiger charge is -2.09. The van der Waals surface area contributed by atoms with Crippen LogP contribution in [-0.4, -0.2) is 15.6 Å². The summed E-state index contributed by atoms with van der Waals surface area (Å²) < 4.78 is 1.65. The third-order valence-electron chi connectivity index (χ3n) is 3.32. The van der Waals surface area contributed by atoms with Gasteiger partial charge in [0.2, 0.25) is 5.78 Å². The number of carbonyl (C=O) groups is 1. The van der Waals surface area contributed by atoms with Gasteiger partial charge in [-0.3, -0.25) is 9.48 Å². The van der Waals surface area contributed by atoms with E-state index in [-0.39, 0.29) is 5.78 Å². The Balaban J connectivity index is 2.53. The lowest BCUT2D eigenvalue weighted by molar-refractivity contribution is 0.102. The highest BCUT2D eigenvalue weighted by Crippen LogP contribution is 2.19. The molecule has 3 heteroatoms. The molecule has 0 aliphatic heterocycles. The van der Waals surface area contributed by atoms with Crippen LogP contribution < -0.4 is 0 Å². The molecule has 0 saturated carbocycles. The maximum Gasteiger partial charge on any atom is 0.211 e. The summed E-state index contributed by atoms with van der Waals surface area (Å²) in [5.74, 6) is 0.0405. The first kappa shape index (κ1) is 12.6. The number of benzene rings is 1. The second-order valence-corrected chi connectivity index (χ2v) is 4.88. The number of aromatic nitrogens is 2. The zero-order chi connectivity index (χ0) is 13.4. The Hall–Kier alpha value is -1.90. The predicted molar refractivity (Wildman–Crippen MR) is 72.0 cm³/mol. The summed E-state index contributed by atoms with van der Waals surface area (Å²) in [6, 6.07) is 5.86. The van der Waals surface area contributed by atoms with Crippen molar-refractivity contribution in [2.45, 2.75) is 27.7 Å². The van der Waals surface area contributed by atoms with E-state index in [0.717, 1.165) is 22.4 Å². The molecular weight excluding hydrogens is 224 g/mol. The quantitative estimate of drug-likeness (QED) is 0.759. The molecule has 0 unspecified atom stereocenters. The number of rotatable bonds is 2. The van der Waals surface area contributed by atoms with E-state index in [0.29, 0.717) is 5.69 Å². The number of nitrogens with zero attached hydrogens (tertiary/aromatic N) is 2. The minimum Gasteiger partial charge on any atom is -0.287 e. The molecule has 0 fully saturated rings. The van der Waals surface area contributed by atoms with Crippen LogP contribution in [0.25, 0.3) is 0 Å². The molecule has 2 rings (SSSR count). The first-order chi connectivity index (χ1) is 8.40. The van der Waals surface area contributed by atoms with Gasteiger partial charge in [0, 0.05) is 12.6 Å². The molecule has 0 aliphatic carbocycles. The van der Waals surface area contributed by atoms with E-state index in [2.05, 4.69) is 18.1 Å². The van der Waals surface area contributed by atoms with Gasteiger partial charge >= 0.3 is 0 Å². The summed E-state index contributed by atoms with van der Waals surface area (Å²) in [6.07, 6.45) is 0. The van der Waals surface area contributed by atoms with Crippen molar-refractivity contribution in [2.24, 2.45) is 7.05 Å². The lowest BCUT2D eigenvalue weighted by atomic mass is 9.97. The summed E-state index contributed by atoms with van der Waals surface area (Å²) >= 11 is 0. The number of ketones is 1. The van der Waals surface area contributed by atoms with Crippen LogP contribution in [0.2, 0.25) is 0 Å². The predicted octanol–water partition coefficient (Wildman–Crippen LogP) is 2.88. The SMILES string of the molecule is Cc1cc(C(=O)c2cc(C)c(C)cc2C)n(C)n1. The van der Waals surface area contributed by atoms with Crippen molar-refractivity contribution >= 4 is 5.78 Å². The van der Waals surface area contributed by atoms with Crippen molar-refractivity contribution in [3.05, 3.63) is 51.8 Å². The van der Waals surface area contributed by atoms with Gasteiger partial charge in [0.05, 0.1) is 5.69 Å². The number of hydrogen-bond acceptors (Lipinski definition) is 2. The average molecular weight is 242 g/mol. The van der Waals surface area contributed by atoms with E-state index >= 15 is 0 Å². The second-order valence-electron chi connectivity index (χ2n) is 4.88. The highest BCUT2D eigenvalue weighted by Gasteiger charge is 2.16. The van der Waals surface area contributed by atoms with E-state index in [1.54, 1.807) is 11.7 Å². The standard InChI is InChI=1S/C15H18N2O/c1-9-6-11(3)13(7-10(9)2)15(18)14-8-12(4)16-17(14)5/h6-8H,1-5H3. The largest absolute Gasteiger partial charge is 0.287 e. The molecular formula is C15H18N2O. The van der Waals surface area contributed by atoms with Gasteiger partial charge in [-0.1, -0.05) is 6.07 Å². The van der Waals surface area contributed by atoms with Crippen molar-refractivity contribution in [1.82, 2.24) is 9.78 Å². The molecule has 94 valence electrons. The molecule has 0 spiro atoms. The fraction of sp³-hybridized carbons (Fsp3) is 0.333. The Kier molecular flexibility index (Phi) is 3.07. The molecule has 0 N–H and O–H groups in total.